The van der Waals surface area contributed by atoms with Crippen molar-refractivity contribution in [3.63, 3.8) is 0 Å². The number of primary amides is 1. The molecule has 1 heterocycles. The van der Waals surface area contributed by atoms with Crippen molar-refractivity contribution in [1.82, 2.24) is 9.69 Å². The number of nitrogens with one attached hydrogen (secondary N) is 1. The number of hydrogen-bond donors (Lipinski definition) is 3. The number of carbonyl (C=O) groups excluding carboxylic acids is 3. The Labute approximate surface area is 199 Å². The first-order chi connectivity index (χ1) is 16.4. The third kappa shape index (κ3) is 4.76. The summed E-state index contributed by atoms with van der Waals surface area (Å²) >= 11 is 0.737. The second-order valence-corrected chi connectivity index (χ2v) is 8.87. The molecule has 0 bridgehead atoms. The van der Waals surface area contributed by atoms with Gasteiger partial charge in [0, 0.05) is 11.7 Å². The summed E-state index contributed by atoms with van der Waals surface area (Å²) in [5.74, 6) is -2.33. The van der Waals surface area contributed by atoms with Gasteiger partial charge >= 0.3 is 0 Å². The summed E-state index contributed by atoms with van der Waals surface area (Å²) in [4.78, 5) is 40.4. The molecule has 3 amide bonds. The zero-order valence-corrected chi connectivity index (χ0v) is 19.1. The van der Waals surface area contributed by atoms with Crippen LogP contribution in [0, 0.1) is 5.82 Å². The highest BCUT2D eigenvalue weighted by molar-refractivity contribution is 7.09. The van der Waals surface area contributed by atoms with Gasteiger partial charge < -0.3 is 16.8 Å². The van der Waals surface area contributed by atoms with Gasteiger partial charge in [0.25, 0.3) is 11.8 Å². The fraction of sp³-hybridized carbons (Fsp3) is 0.250. The van der Waals surface area contributed by atoms with Crippen molar-refractivity contribution < 1.29 is 18.8 Å². The summed E-state index contributed by atoms with van der Waals surface area (Å²) in [7, 11) is 0. The van der Waals surface area contributed by atoms with Gasteiger partial charge in [-0.05, 0) is 54.2 Å². The maximum absolute atomic E-state index is 13.8. The summed E-state index contributed by atoms with van der Waals surface area (Å²) < 4.78 is 17.6. The zero-order chi connectivity index (χ0) is 24.2. The fourth-order valence-electron chi connectivity index (χ4n) is 4.12. The molecule has 1 aromatic heterocycles. The third-order valence-electron chi connectivity index (χ3n) is 5.80. The molecule has 10 heteroatoms. The maximum Gasteiger partial charge on any atom is 0.273 e. The number of halogens is 1. The predicted molar refractivity (Wildman–Crippen MR) is 128 cm³/mol. The predicted octanol–water partition coefficient (Wildman–Crippen LogP) is 3.41. The van der Waals surface area contributed by atoms with E-state index in [0.29, 0.717) is 11.3 Å². The largest absolute Gasteiger partial charge is 0.395 e. The highest BCUT2D eigenvalue weighted by atomic mass is 32.1. The van der Waals surface area contributed by atoms with Gasteiger partial charge in [-0.3, -0.25) is 19.3 Å². The Morgan fingerprint density at radius 3 is 2.29 bits per heavy atom. The Morgan fingerprint density at radius 1 is 1.06 bits per heavy atom. The second kappa shape index (κ2) is 10.0. The molecule has 4 rings (SSSR count). The number of amides is 3. The van der Waals surface area contributed by atoms with Crippen molar-refractivity contribution in [1.29, 1.82) is 0 Å². The highest BCUT2D eigenvalue weighted by Gasteiger charge is 2.37. The molecule has 176 valence electrons. The van der Waals surface area contributed by atoms with Crippen LogP contribution < -0.4 is 21.7 Å². The van der Waals surface area contributed by atoms with E-state index < -0.39 is 29.6 Å². The Kier molecular flexibility index (Phi) is 6.87. The van der Waals surface area contributed by atoms with Gasteiger partial charge in [-0.15, -0.1) is 0 Å². The topological polar surface area (TPSA) is 131 Å². The smallest absolute Gasteiger partial charge is 0.273 e. The average Bonchev–Trinajstić information content (AvgIpc) is 3.48. The van der Waals surface area contributed by atoms with Crippen LogP contribution in [0.1, 0.15) is 57.4 Å². The molecule has 0 aliphatic heterocycles. The van der Waals surface area contributed by atoms with E-state index >= 15 is 0 Å². The van der Waals surface area contributed by atoms with Gasteiger partial charge in [0.1, 0.15) is 16.7 Å². The quantitative estimate of drug-likeness (QED) is 0.476. The molecular formula is C24H24FN5O3S. The molecule has 2 aromatic carbocycles. The van der Waals surface area contributed by atoms with E-state index in [1.54, 1.807) is 30.3 Å². The number of anilines is 2. The highest BCUT2D eigenvalue weighted by Crippen LogP contribution is 2.33. The number of carbonyl (C=O) groups is 3. The van der Waals surface area contributed by atoms with E-state index in [0.717, 1.165) is 37.2 Å². The number of hydrogen-bond acceptors (Lipinski definition) is 6. The minimum absolute atomic E-state index is 0.00175. The van der Waals surface area contributed by atoms with Crippen LogP contribution in [-0.4, -0.2) is 28.1 Å². The van der Waals surface area contributed by atoms with E-state index in [9.17, 15) is 18.8 Å². The van der Waals surface area contributed by atoms with Gasteiger partial charge in [0.2, 0.25) is 5.91 Å². The van der Waals surface area contributed by atoms with Gasteiger partial charge in [0.05, 0.1) is 5.69 Å². The number of benzene rings is 2. The molecule has 1 aliphatic carbocycles. The van der Waals surface area contributed by atoms with Gasteiger partial charge in [-0.1, -0.05) is 43.2 Å². The number of aromatic nitrogens is 1. The van der Waals surface area contributed by atoms with E-state index in [-0.39, 0.29) is 22.3 Å². The van der Waals surface area contributed by atoms with Crippen molar-refractivity contribution >= 4 is 40.6 Å². The lowest BCUT2D eigenvalue weighted by Crippen LogP contribution is -2.46. The molecular weight excluding hydrogens is 457 g/mol. The molecule has 3 aromatic rings. The molecule has 1 unspecified atom stereocenters. The number of nitrogens with two attached hydrogens (primary N) is 2. The molecule has 1 aliphatic rings. The summed E-state index contributed by atoms with van der Waals surface area (Å²) in [5, 5.41) is 3.04. The molecule has 1 atom stereocenters. The number of para-hydroxylation sites is 1. The SMILES string of the molecule is NC(=O)c1nsc(C(=O)N(c2ccccc2)C(C(=O)NC2CCCC2)c2ccc(F)cc2)c1N. The molecule has 8 nitrogen and oxygen atoms in total. The third-order valence-corrected chi connectivity index (χ3v) is 6.65. The van der Waals surface area contributed by atoms with Crippen molar-refractivity contribution in [2.45, 2.75) is 37.8 Å². The normalized spacial score (nSPS) is 14.5. The molecule has 0 spiro atoms. The standard InChI is InChI=1S/C24H24FN5O3S/c25-15-12-10-14(11-13-15)20(23(32)28-16-6-4-5-7-16)30(17-8-2-1-3-9-17)24(33)21-18(26)19(22(27)31)29-34-21/h1-3,8-13,16,20H,4-7,26H2,(H2,27,31)(H,28,32). The molecule has 0 radical (unpaired) electrons. The minimum Gasteiger partial charge on any atom is -0.395 e. The van der Waals surface area contributed by atoms with E-state index in [1.807, 2.05) is 0 Å². The van der Waals surface area contributed by atoms with Crippen LogP contribution in [0.4, 0.5) is 15.8 Å². The molecule has 34 heavy (non-hydrogen) atoms. The van der Waals surface area contributed by atoms with Crippen LogP contribution >= 0.6 is 11.5 Å². The summed E-state index contributed by atoms with van der Waals surface area (Å²) in [5.41, 5.74) is 11.9. The van der Waals surface area contributed by atoms with Crippen LogP contribution in [0.2, 0.25) is 0 Å². The van der Waals surface area contributed by atoms with Crippen LogP contribution in [0.3, 0.4) is 0 Å². The number of rotatable bonds is 7. The Bertz CT molecular complexity index is 1190. The van der Waals surface area contributed by atoms with Crippen molar-refractivity contribution in [3.05, 3.63) is 76.5 Å². The van der Waals surface area contributed by atoms with E-state index in [2.05, 4.69) is 9.69 Å². The van der Waals surface area contributed by atoms with Crippen molar-refractivity contribution in [3.8, 4) is 0 Å². The Hall–Kier alpha value is -3.79. The van der Waals surface area contributed by atoms with Crippen LogP contribution in [0.25, 0.3) is 0 Å². The average molecular weight is 482 g/mol. The lowest BCUT2D eigenvalue weighted by atomic mass is 10.0. The molecule has 1 saturated carbocycles. The first kappa shape index (κ1) is 23.4. The Balaban J connectivity index is 1.82. The summed E-state index contributed by atoms with van der Waals surface area (Å²) in [6.45, 7) is 0. The first-order valence-corrected chi connectivity index (χ1v) is 11.6. The first-order valence-electron chi connectivity index (χ1n) is 10.9. The van der Waals surface area contributed by atoms with Crippen molar-refractivity contribution in [2.24, 2.45) is 5.73 Å². The van der Waals surface area contributed by atoms with Gasteiger partial charge in [-0.25, -0.2) is 4.39 Å². The fourth-order valence-corrected chi connectivity index (χ4v) is 4.87. The Morgan fingerprint density at radius 2 is 1.71 bits per heavy atom. The summed E-state index contributed by atoms with van der Waals surface area (Å²) in [6.07, 6.45) is 3.73. The van der Waals surface area contributed by atoms with Gasteiger partial charge in [-0.2, -0.15) is 4.37 Å². The monoisotopic (exact) mass is 481 g/mol. The molecule has 5 N–H and O–H groups in total. The number of nitrogens with zero attached hydrogens (tertiary/aromatic N) is 2. The van der Waals surface area contributed by atoms with Gasteiger partial charge in [0.15, 0.2) is 5.69 Å². The number of nitrogen functional groups attached to an aromatic ring is 1. The molecule has 0 saturated heterocycles. The van der Waals surface area contributed by atoms with Crippen LogP contribution in [0.5, 0.6) is 0 Å². The molecule has 1 fully saturated rings. The lowest BCUT2D eigenvalue weighted by molar-refractivity contribution is -0.123. The zero-order valence-electron chi connectivity index (χ0n) is 18.2. The summed E-state index contributed by atoms with van der Waals surface area (Å²) in [6, 6.07) is 12.9. The lowest BCUT2D eigenvalue weighted by Gasteiger charge is -2.32. The maximum atomic E-state index is 13.8. The van der Waals surface area contributed by atoms with Crippen LogP contribution in [0.15, 0.2) is 54.6 Å². The van der Waals surface area contributed by atoms with Crippen molar-refractivity contribution in [2.75, 3.05) is 10.6 Å². The van der Waals surface area contributed by atoms with E-state index in [4.69, 9.17) is 11.5 Å². The van der Waals surface area contributed by atoms with E-state index in [1.165, 1.54) is 29.2 Å². The second-order valence-electron chi connectivity index (χ2n) is 8.09. The van der Waals surface area contributed by atoms with Crippen LogP contribution in [-0.2, 0) is 4.79 Å². The minimum atomic E-state index is -1.12.